The van der Waals surface area contributed by atoms with E-state index in [1.54, 1.807) is 30.2 Å². The molecule has 4 heterocycles. The second-order valence-electron chi connectivity index (χ2n) is 8.74. The zero-order valence-electron chi connectivity index (χ0n) is 19.6. The molecule has 8 nitrogen and oxygen atoms in total. The number of aryl methyl sites for hydroxylation is 3. The largest absolute Gasteiger partial charge is 0.480 e. The molecule has 3 aromatic heterocycles. The van der Waals surface area contributed by atoms with Gasteiger partial charge in [0, 0.05) is 25.0 Å². The Morgan fingerprint density at radius 2 is 1.85 bits per heavy atom. The molecule has 0 N–H and O–H groups in total. The van der Waals surface area contributed by atoms with Crippen LogP contribution in [0.15, 0.2) is 53.5 Å². The quantitative estimate of drug-likeness (QED) is 0.458. The predicted octanol–water partition coefficient (Wildman–Crippen LogP) is 3.47. The summed E-state index contributed by atoms with van der Waals surface area (Å²) in [5.41, 5.74) is 4.71. The number of carbonyl (C=O) groups is 1. The molecule has 0 spiro atoms. The second-order valence-corrected chi connectivity index (χ2v) is 8.74. The topological polar surface area (TPSA) is 81.7 Å². The summed E-state index contributed by atoms with van der Waals surface area (Å²) in [6, 6.07) is 13.4. The summed E-state index contributed by atoms with van der Waals surface area (Å²) in [5, 5.41) is 4.73. The lowest BCUT2D eigenvalue weighted by Gasteiger charge is -2.16. The first kappa shape index (κ1) is 21.9. The molecule has 0 atom stereocenters. The number of hydrogen-bond acceptors (Lipinski definition) is 5. The van der Waals surface area contributed by atoms with Crippen LogP contribution < -0.4 is 10.3 Å². The van der Waals surface area contributed by atoms with Crippen molar-refractivity contribution in [2.45, 2.75) is 33.6 Å². The third-order valence-corrected chi connectivity index (χ3v) is 6.20. The minimum atomic E-state index is -0.229. The Hall–Kier alpha value is -3.94. The molecular formula is C26H27N5O3. The molecule has 0 bridgehead atoms. The molecule has 4 aromatic rings. The average molecular weight is 458 g/mol. The molecule has 0 saturated carbocycles. The lowest BCUT2D eigenvalue weighted by atomic mass is 10.1. The van der Waals surface area contributed by atoms with Crippen molar-refractivity contribution >= 4 is 11.6 Å². The summed E-state index contributed by atoms with van der Waals surface area (Å²) < 4.78 is 9.10. The first-order valence-electron chi connectivity index (χ1n) is 11.5. The maximum atomic E-state index is 13.5. The predicted molar refractivity (Wildman–Crippen MR) is 130 cm³/mol. The number of rotatable bonds is 5. The van der Waals surface area contributed by atoms with Crippen LogP contribution in [0, 0.1) is 20.8 Å². The van der Waals surface area contributed by atoms with E-state index in [2.05, 4.69) is 11.1 Å². The molecule has 0 unspecified atom stereocenters. The monoisotopic (exact) mass is 457 g/mol. The van der Waals surface area contributed by atoms with Gasteiger partial charge in [0.15, 0.2) is 18.0 Å². The van der Waals surface area contributed by atoms with Gasteiger partial charge in [-0.15, -0.1) is 0 Å². The van der Waals surface area contributed by atoms with Crippen molar-refractivity contribution in [1.82, 2.24) is 24.1 Å². The number of benzene rings is 1. The molecular weight excluding hydrogens is 430 g/mol. The van der Waals surface area contributed by atoms with Crippen molar-refractivity contribution in [3.05, 3.63) is 76.0 Å². The van der Waals surface area contributed by atoms with Gasteiger partial charge in [0.05, 0.1) is 16.9 Å². The van der Waals surface area contributed by atoms with E-state index in [1.807, 2.05) is 42.8 Å². The Balaban J connectivity index is 1.51. The maximum Gasteiger partial charge on any atom is 0.267 e. The Bertz CT molecular complexity index is 1450. The van der Waals surface area contributed by atoms with Gasteiger partial charge in [-0.1, -0.05) is 12.1 Å². The standard InChI is InChI=1S/C26H27N5O3/c1-17-8-6-9-20(14-17)31-18(2)15-21(28-31)24-19(3)27-25-22(10-7-13-30(25)26(24)33)34-16-23(32)29-11-4-5-12-29/h6-10,13-15H,4-5,11-12,16H2,1-3H3. The van der Waals surface area contributed by atoms with Crippen molar-refractivity contribution in [3.8, 4) is 22.7 Å². The van der Waals surface area contributed by atoms with E-state index >= 15 is 0 Å². The normalized spacial score (nSPS) is 13.6. The Kier molecular flexibility index (Phi) is 5.65. The highest BCUT2D eigenvalue weighted by molar-refractivity contribution is 5.78. The first-order chi connectivity index (χ1) is 16.4. The minimum Gasteiger partial charge on any atom is -0.480 e. The van der Waals surface area contributed by atoms with Crippen LogP contribution in [0.2, 0.25) is 0 Å². The summed E-state index contributed by atoms with van der Waals surface area (Å²) in [5.74, 6) is 0.357. The highest BCUT2D eigenvalue weighted by atomic mass is 16.5. The van der Waals surface area contributed by atoms with E-state index in [0.717, 1.165) is 42.9 Å². The number of pyridine rings is 1. The molecule has 8 heteroatoms. The molecule has 174 valence electrons. The third-order valence-electron chi connectivity index (χ3n) is 6.20. The Labute approximate surface area is 197 Å². The van der Waals surface area contributed by atoms with E-state index in [0.29, 0.717) is 28.3 Å². The zero-order valence-corrected chi connectivity index (χ0v) is 19.6. The van der Waals surface area contributed by atoms with Crippen LogP contribution in [0.4, 0.5) is 0 Å². The van der Waals surface area contributed by atoms with Gasteiger partial charge in [0.2, 0.25) is 0 Å². The molecule has 34 heavy (non-hydrogen) atoms. The summed E-state index contributed by atoms with van der Waals surface area (Å²) in [4.78, 5) is 32.4. The van der Waals surface area contributed by atoms with Crippen molar-refractivity contribution in [2.75, 3.05) is 19.7 Å². The van der Waals surface area contributed by atoms with Crippen molar-refractivity contribution in [2.24, 2.45) is 0 Å². The van der Waals surface area contributed by atoms with E-state index in [-0.39, 0.29) is 18.1 Å². The van der Waals surface area contributed by atoms with Gasteiger partial charge in [-0.3, -0.25) is 14.0 Å². The van der Waals surface area contributed by atoms with E-state index in [9.17, 15) is 9.59 Å². The molecule has 1 aliphatic heterocycles. The Morgan fingerprint density at radius 3 is 2.62 bits per heavy atom. The maximum absolute atomic E-state index is 13.5. The lowest BCUT2D eigenvalue weighted by molar-refractivity contribution is -0.132. The number of amides is 1. The van der Waals surface area contributed by atoms with Gasteiger partial charge in [-0.25, -0.2) is 9.67 Å². The van der Waals surface area contributed by atoms with E-state index in [4.69, 9.17) is 9.84 Å². The van der Waals surface area contributed by atoms with Crippen LogP contribution in [0.5, 0.6) is 5.75 Å². The average Bonchev–Trinajstić information content (AvgIpc) is 3.48. The number of nitrogens with zero attached hydrogens (tertiary/aromatic N) is 5. The number of aromatic nitrogens is 4. The molecule has 1 fully saturated rings. The van der Waals surface area contributed by atoms with Crippen molar-refractivity contribution in [1.29, 1.82) is 0 Å². The fraction of sp³-hybridized carbons (Fsp3) is 0.308. The van der Waals surface area contributed by atoms with Gasteiger partial charge < -0.3 is 9.64 Å². The molecule has 1 amide bonds. The smallest absolute Gasteiger partial charge is 0.267 e. The summed E-state index contributed by atoms with van der Waals surface area (Å²) in [7, 11) is 0. The van der Waals surface area contributed by atoms with Crippen LogP contribution in [0.25, 0.3) is 22.6 Å². The molecule has 0 aliphatic carbocycles. The number of ether oxygens (including phenoxy) is 1. The minimum absolute atomic E-state index is 0.0487. The van der Waals surface area contributed by atoms with Crippen LogP contribution in [0.1, 0.15) is 29.8 Å². The number of likely N-dealkylation sites (tertiary alicyclic amines) is 1. The summed E-state index contributed by atoms with van der Waals surface area (Å²) >= 11 is 0. The van der Waals surface area contributed by atoms with Crippen molar-refractivity contribution in [3.63, 3.8) is 0 Å². The van der Waals surface area contributed by atoms with Gasteiger partial charge >= 0.3 is 0 Å². The summed E-state index contributed by atoms with van der Waals surface area (Å²) in [6.45, 7) is 7.26. The SMILES string of the molecule is Cc1cccc(-n2nc(-c3c(C)nc4c(OCC(=O)N5CCCC5)cccn4c3=O)cc2C)c1. The zero-order chi connectivity index (χ0) is 23.8. The van der Waals surface area contributed by atoms with Crippen LogP contribution in [0.3, 0.4) is 0 Å². The van der Waals surface area contributed by atoms with E-state index < -0.39 is 0 Å². The van der Waals surface area contributed by atoms with Gasteiger partial charge in [-0.2, -0.15) is 5.10 Å². The first-order valence-corrected chi connectivity index (χ1v) is 11.5. The van der Waals surface area contributed by atoms with E-state index in [1.165, 1.54) is 4.40 Å². The molecule has 1 saturated heterocycles. The second kappa shape index (κ2) is 8.78. The van der Waals surface area contributed by atoms with Crippen LogP contribution >= 0.6 is 0 Å². The highest BCUT2D eigenvalue weighted by Gasteiger charge is 2.21. The van der Waals surface area contributed by atoms with Crippen LogP contribution in [-0.4, -0.2) is 49.7 Å². The van der Waals surface area contributed by atoms with Gasteiger partial charge in [0.1, 0.15) is 5.69 Å². The van der Waals surface area contributed by atoms with Crippen molar-refractivity contribution < 1.29 is 9.53 Å². The molecule has 1 aromatic carbocycles. The highest BCUT2D eigenvalue weighted by Crippen LogP contribution is 2.24. The van der Waals surface area contributed by atoms with Gasteiger partial charge in [0.25, 0.3) is 11.5 Å². The Morgan fingerprint density at radius 1 is 1.06 bits per heavy atom. The molecule has 0 radical (unpaired) electrons. The number of hydrogen-bond donors (Lipinski definition) is 0. The van der Waals surface area contributed by atoms with Gasteiger partial charge in [-0.05, 0) is 69.5 Å². The molecule has 1 aliphatic rings. The summed E-state index contributed by atoms with van der Waals surface area (Å²) in [6.07, 6.45) is 3.71. The third kappa shape index (κ3) is 3.96. The van der Waals surface area contributed by atoms with Crippen LogP contribution in [-0.2, 0) is 4.79 Å². The fourth-order valence-electron chi connectivity index (χ4n) is 4.47. The fourth-order valence-corrected chi connectivity index (χ4v) is 4.47. The molecule has 5 rings (SSSR count). The number of carbonyl (C=O) groups excluding carboxylic acids is 1. The number of fused-ring (bicyclic) bond motifs is 1. The lowest BCUT2D eigenvalue weighted by Crippen LogP contribution is -2.32.